The summed E-state index contributed by atoms with van der Waals surface area (Å²) in [5.41, 5.74) is 0.667. The largest absolute Gasteiger partial charge is 2.00 e. The Bertz CT molecular complexity index is 1690. The number of carboxylic acid groups (broad SMARTS) is 2. The Morgan fingerprint density at radius 3 is 1.36 bits per heavy atom. The van der Waals surface area contributed by atoms with Crippen molar-refractivity contribution in [1.82, 2.24) is 10.9 Å². The molecule has 0 saturated heterocycles. The molecule has 0 amide bonds. The Morgan fingerprint density at radius 2 is 1.02 bits per heavy atom. The summed E-state index contributed by atoms with van der Waals surface area (Å²) in [4.78, 5) is 23.1. The van der Waals surface area contributed by atoms with Gasteiger partial charge < -0.3 is 39.5 Å². The second-order valence-corrected chi connectivity index (χ2v) is 9.25. The molecule has 2 aliphatic rings. The van der Waals surface area contributed by atoms with E-state index in [1.54, 1.807) is 0 Å². The van der Waals surface area contributed by atoms with Crippen molar-refractivity contribution in [3.8, 4) is 11.5 Å². The van der Waals surface area contributed by atoms with E-state index >= 15 is 0 Å². The van der Waals surface area contributed by atoms with Crippen LogP contribution in [0.3, 0.4) is 0 Å². The maximum atomic E-state index is 13.3. The van der Waals surface area contributed by atoms with Gasteiger partial charge >= 0.3 is 19.5 Å². The van der Waals surface area contributed by atoms with Crippen LogP contribution in [0, 0.1) is 11.6 Å². The molecule has 224 valence electrons. The number of hydrogen-bond donors (Lipinski definition) is 4. The molecule has 0 fully saturated rings. The molecule has 4 N–H and O–H groups in total. The first-order valence-corrected chi connectivity index (χ1v) is 12.7. The van der Waals surface area contributed by atoms with Crippen LogP contribution >= 0.6 is 0 Å². The fourth-order valence-corrected chi connectivity index (χ4v) is 4.30. The summed E-state index contributed by atoms with van der Waals surface area (Å²) >= 11 is 0. The van der Waals surface area contributed by atoms with E-state index in [9.17, 15) is 38.8 Å². The number of benzene rings is 4. The van der Waals surface area contributed by atoms with Crippen molar-refractivity contribution in [1.29, 1.82) is 0 Å². The molecular weight excluding hydrogens is 648 g/mol. The predicted molar refractivity (Wildman–Crippen MR) is 144 cm³/mol. The molecule has 4 aromatic carbocycles. The van der Waals surface area contributed by atoms with E-state index in [4.69, 9.17) is 9.47 Å². The topological polar surface area (TPSA) is 188 Å². The Balaban J connectivity index is 0.000000200. The summed E-state index contributed by atoms with van der Waals surface area (Å²) in [6.45, 7) is 0. The van der Waals surface area contributed by atoms with Crippen LogP contribution in [0.2, 0.25) is 0 Å². The summed E-state index contributed by atoms with van der Waals surface area (Å²) in [6.07, 6.45) is 0. The number of halogens is 2. The number of phenolic OH excluding ortho intramolecular Hbond substituents is 2. The van der Waals surface area contributed by atoms with E-state index < -0.39 is 35.0 Å². The number of hydrazone groups is 2. The monoisotopic (exact) mass is 666 g/mol. The van der Waals surface area contributed by atoms with Gasteiger partial charge in [0, 0.05) is 11.1 Å². The molecule has 2 unspecified atom stereocenters. The van der Waals surface area contributed by atoms with E-state index in [0.717, 1.165) is 12.1 Å². The molecule has 2 heterocycles. The van der Waals surface area contributed by atoms with Crippen molar-refractivity contribution >= 4 is 23.7 Å². The number of hydrogen-bond acceptors (Lipinski definition) is 12. The van der Waals surface area contributed by atoms with Crippen molar-refractivity contribution in [2.45, 2.75) is 11.4 Å². The Labute approximate surface area is 266 Å². The fourth-order valence-electron chi connectivity index (χ4n) is 4.30. The Hall–Kier alpha value is -5.56. The van der Waals surface area contributed by atoms with Gasteiger partial charge in [0.15, 0.2) is 0 Å². The van der Waals surface area contributed by atoms with Crippen LogP contribution in [0.15, 0.2) is 107 Å². The molecule has 0 aromatic heterocycles. The quantitative estimate of drug-likeness (QED) is 0.215. The van der Waals surface area contributed by atoms with Crippen molar-refractivity contribution < 1.29 is 67.7 Å². The standard InChI is InChI=1S/2C15H11FN2O4.Zn/c2*16-10-5-3-4-9(8-10)13-17-18-15(22-13,14(20)21)11-6-1-2-7-12(11)19;/h2*1-8,18-19H,(H,20,21);/q;;+2/p-2. The van der Waals surface area contributed by atoms with Crippen LogP contribution < -0.4 is 21.1 Å². The molecule has 0 radical (unpaired) electrons. The van der Waals surface area contributed by atoms with Crippen molar-refractivity contribution in [2.24, 2.45) is 10.2 Å². The zero-order valence-electron chi connectivity index (χ0n) is 22.9. The van der Waals surface area contributed by atoms with Crippen LogP contribution in [-0.2, 0) is 50.0 Å². The van der Waals surface area contributed by atoms with Gasteiger partial charge in [-0.1, -0.05) is 36.4 Å². The molecule has 0 spiro atoms. The molecule has 0 bridgehead atoms. The number of carbonyl (C=O) groups excluding carboxylic acids is 2. The number of rotatable bonds is 6. The van der Waals surface area contributed by atoms with E-state index in [-0.39, 0.29) is 65.0 Å². The maximum Gasteiger partial charge on any atom is 2.00 e. The number of aromatic hydroxyl groups is 2. The number of carboxylic acids is 2. The molecule has 4 aromatic rings. The van der Waals surface area contributed by atoms with Gasteiger partial charge in [-0.05, 0) is 60.7 Å². The summed E-state index contributed by atoms with van der Waals surface area (Å²) < 4.78 is 37.3. The van der Waals surface area contributed by atoms with E-state index in [1.165, 1.54) is 84.9 Å². The van der Waals surface area contributed by atoms with Gasteiger partial charge in [0.2, 0.25) is 11.8 Å². The van der Waals surface area contributed by atoms with Crippen LogP contribution in [0.1, 0.15) is 22.3 Å². The smallest absolute Gasteiger partial charge is 0.544 e. The molecule has 0 saturated carbocycles. The van der Waals surface area contributed by atoms with Crippen LogP contribution in [0.4, 0.5) is 8.78 Å². The van der Waals surface area contributed by atoms with Crippen molar-refractivity contribution in [2.75, 3.05) is 0 Å². The molecule has 15 heteroatoms. The predicted octanol–water partition coefficient (Wildman–Crippen LogP) is 0.829. The van der Waals surface area contributed by atoms with Gasteiger partial charge in [0.1, 0.15) is 35.1 Å². The van der Waals surface area contributed by atoms with E-state index in [2.05, 4.69) is 21.1 Å². The third-order valence-corrected chi connectivity index (χ3v) is 6.41. The molecular formula is C30H20F2N4O8Zn. The number of nitrogens with one attached hydrogen (secondary N) is 2. The Morgan fingerprint density at radius 1 is 0.644 bits per heavy atom. The van der Waals surface area contributed by atoms with E-state index in [0.29, 0.717) is 0 Å². The molecule has 6 rings (SSSR count). The summed E-state index contributed by atoms with van der Waals surface area (Å²) in [5, 5.41) is 50.4. The Kier molecular flexibility index (Phi) is 9.33. The minimum Gasteiger partial charge on any atom is -0.544 e. The summed E-state index contributed by atoms with van der Waals surface area (Å²) in [7, 11) is 0. The summed E-state index contributed by atoms with van der Waals surface area (Å²) in [5.74, 6) is -5.13. The maximum absolute atomic E-state index is 13.3. The fraction of sp³-hybridized carbons (Fsp3) is 0.0667. The van der Waals surface area contributed by atoms with E-state index in [1.807, 2.05) is 0 Å². The number of ether oxygens (including phenoxy) is 2. The normalized spacial score (nSPS) is 19.5. The zero-order chi connectivity index (χ0) is 31.5. The van der Waals surface area contributed by atoms with Gasteiger partial charge in [-0.25, -0.2) is 8.78 Å². The molecule has 45 heavy (non-hydrogen) atoms. The third kappa shape index (κ3) is 6.24. The molecule has 0 aliphatic carbocycles. The number of phenols is 2. The minimum absolute atomic E-state index is 0. The number of para-hydroxylation sites is 2. The zero-order valence-corrected chi connectivity index (χ0v) is 25.9. The second-order valence-electron chi connectivity index (χ2n) is 9.25. The summed E-state index contributed by atoms with van der Waals surface area (Å²) in [6, 6.07) is 22.2. The number of aliphatic carboxylic acids is 2. The molecule has 2 atom stereocenters. The van der Waals surface area contributed by atoms with Gasteiger partial charge in [-0.15, -0.1) is 10.2 Å². The van der Waals surface area contributed by atoms with Crippen LogP contribution in [0.25, 0.3) is 0 Å². The number of carbonyl (C=O) groups is 2. The molecule has 12 nitrogen and oxygen atoms in total. The SMILES string of the molecule is O=C([O-])C1(c2ccccc2O)NN=C(c2cccc(F)c2)O1.O=C([O-])C1(c2ccccc2O)NN=C(c2cccc(F)c2)O1.[Zn+2]. The third-order valence-electron chi connectivity index (χ3n) is 6.41. The van der Waals surface area contributed by atoms with Gasteiger partial charge in [-0.2, -0.15) is 0 Å². The van der Waals surface area contributed by atoms with Gasteiger partial charge in [0.05, 0.1) is 11.1 Å². The first kappa shape index (κ1) is 32.4. The second kappa shape index (κ2) is 13.0. The van der Waals surface area contributed by atoms with Crippen LogP contribution in [0.5, 0.6) is 11.5 Å². The van der Waals surface area contributed by atoms with Gasteiger partial charge in [0.25, 0.3) is 11.4 Å². The molecule has 2 aliphatic heterocycles. The first-order valence-electron chi connectivity index (χ1n) is 12.7. The van der Waals surface area contributed by atoms with Gasteiger partial charge in [-0.3, -0.25) is 10.9 Å². The average Bonchev–Trinajstić information content (AvgIpc) is 3.66. The van der Waals surface area contributed by atoms with Crippen LogP contribution in [-0.4, -0.2) is 33.9 Å². The minimum atomic E-state index is -2.17. The number of nitrogens with zero attached hydrogens (tertiary/aromatic N) is 2. The van der Waals surface area contributed by atoms with Crippen molar-refractivity contribution in [3.05, 3.63) is 131 Å². The van der Waals surface area contributed by atoms with Crippen molar-refractivity contribution in [3.63, 3.8) is 0 Å². The average molecular weight is 668 g/mol. The first-order chi connectivity index (χ1) is 21.1.